The lowest BCUT2D eigenvalue weighted by molar-refractivity contribution is -0.138. The topological polar surface area (TPSA) is 82.1 Å². The number of nitrogens with zero attached hydrogens (tertiary/aromatic N) is 1. The molecule has 0 bridgehead atoms. The van der Waals surface area contributed by atoms with Gasteiger partial charge in [-0.15, -0.1) is 0 Å². The van der Waals surface area contributed by atoms with E-state index in [1.165, 1.54) is 32.4 Å². The second kappa shape index (κ2) is 10.4. The van der Waals surface area contributed by atoms with Gasteiger partial charge < -0.3 is 18.6 Å². The van der Waals surface area contributed by atoms with Crippen LogP contribution in [0.25, 0.3) is 0 Å². The molecule has 9 heteroatoms. The standard InChI is InChI=1S/C21H26FNO6S/c1-5-15(2)23(21(24)14-27-3)13-16-8-6-7-9-19(16)29-30(25,26)17-10-11-20(28-4)18(22)12-17/h6-12,15H,5,13-14H2,1-4H3/t15-/m0/s1. The molecule has 2 rings (SSSR count). The van der Waals surface area contributed by atoms with Crippen LogP contribution in [0.3, 0.4) is 0 Å². The van der Waals surface area contributed by atoms with Crippen LogP contribution < -0.4 is 8.92 Å². The lowest BCUT2D eigenvalue weighted by Gasteiger charge is -2.29. The largest absolute Gasteiger partial charge is 0.494 e. The van der Waals surface area contributed by atoms with Crippen molar-refractivity contribution in [3.63, 3.8) is 0 Å². The number of rotatable bonds is 10. The Morgan fingerprint density at radius 3 is 2.43 bits per heavy atom. The van der Waals surface area contributed by atoms with Gasteiger partial charge in [-0.05, 0) is 37.6 Å². The van der Waals surface area contributed by atoms with Crippen molar-refractivity contribution in [2.24, 2.45) is 0 Å². The van der Waals surface area contributed by atoms with E-state index in [0.29, 0.717) is 12.0 Å². The molecule has 2 aromatic carbocycles. The van der Waals surface area contributed by atoms with Crippen molar-refractivity contribution in [1.29, 1.82) is 0 Å². The fourth-order valence-electron chi connectivity index (χ4n) is 2.78. The highest BCUT2D eigenvalue weighted by Crippen LogP contribution is 2.27. The minimum Gasteiger partial charge on any atom is -0.494 e. The molecule has 0 aliphatic heterocycles. The van der Waals surface area contributed by atoms with Crippen LogP contribution in [0.4, 0.5) is 4.39 Å². The molecule has 30 heavy (non-hydrogen) atoms. The Morgan fingerprint density at radius 2 is 1.83 bits per heavy atom. The lowest BCUT2D eigenvalue weighted by Crippen LogP contribution is -2.40. The molecule has 0 spiro atoms. The van der Waals surface area contributed by atoms with E-state index in [2.05, 4.69) is 0 Å². The molecule has 0 unspecified atom stereocenters. The summed E-state index contributed by atoms with van der Waals surface area (Å²) in [7, 11) is -1.58. The first-order chi connectivity index (χ1) is 14.2. The number of halogens is 1. The van der Waals surface area contributed by atoms with Crippen molar-refractivity contribution in [3.8, 4) is 11.5 Å². The van der Waals surface area contributed by atoms with Gasteiger partial charge in [0.2, 0.25) is 5.91 Å². The molecule has 0 aliphatic rings. The molecule has 0 fully saturated rings. The highest BCUT2D eigenvalue weighted by Gasteiger charge is 2.24. The average molecular weight is 440 g/mol. The van der Waals surface area contributed by atoms with Gasteiger partial charge in [0, 0.05) is 25.3 Å². The van der Waals surface area contributed by atoms with Gasteiger partial charge in [0.1, 0.15) is 17.3 Å². The Bertz CT molecular complexity index is 979. The van der Waals surface area contributed by atoms with Gasteiger partial charge in [-0.3, -0.25) is 4.79 Å². The molecule has 1 atom stereocenters. The Hall–Kier alpha value is -2.65. The zero-order chi connectivity index (χ0) is 22.3. The van der Waals surface area contributed by atoms with Gasteiger partial charge >= 0.3 is 10.1 Å². The van der Waals surface area contributed by atoms with Gasteiger partial charge in [-0.25, -0.2) is 4.39 Å². The zero-order valence-electron chi connectivity index (χ0n) is 17.4. The third-order valence-electron chi connectivity index (χ3n) is 4.64. The monoisotopic (exact) mass is 439 g/mol. The van der Waals surface area contributed by atoms with Gasteiger partial charge in [0.25, 0.3) is 0 Å². The summed E-state index contributed by atoms with van der Waals surface area (Å²) in [4.78, 5) is 13.7. The quantitative estimate of drug-likeness (QED) is 0.528. The number of carbonyl (C=O) groups excluding carboxylic acids is 1. The van der Waals surface area contributed by atoms with Crippen molar-refractivity contribution in [2.45, 2.75) is 37.8 Å². The van der Waals surface area contributed by atoms with Crippen LogP contribution in [0.5, 0.6) is 11.5 Å². The molecule has 164 valence electrons. The van der Waals surface area contributed by atoms with Crippen molar-refractivity contribution < 1.29 is 31.3 Å². The summed E-state index contributed by atoms with van der Waals surface area (Å²) >= 11 is 0. The normalized spacial score (nSPS) is 12.3. The van der Waals surface area contributed by atoms with E-state index < -0.39 is 15.9 Å². The summed E-state index contributed by atoms with van der Waals surface area (Å²) < 4.78 is 54.4. The number of amides is 1. The first-order valence-corrected chi connectivity index (χ1v) is 10.8. The van der Waals surface area contributed by atoms with E-state index >= 15 is 0 Å². The highest BCUT2D eigenvalue weighted by atomic mass is 32.2. The van der Waals surface area contributed by atoms with E-state index in [1.54, 1.807) is 23.1 Å². The number of benzene rings is 2. The second-order valence-electron chi connectivity index (χ2n) is 6.65. The summed E-state index contributed by atoms with van der Waals surface area (Å²) in [6, 6.07) is 9.67. The maximum Gasteiger partial charge on any atom is 0.339 e. The molecule has 0 saturated carbocycles. The van der Waals surface area contributed by atoms with Gasteiger partial charge in [0.15, 0.2) is 11.6 Å². The van der Waals surface area contributed by atoms with Crippen LogP contribution in [0.1, 0.15) is 25.8 Å². The number of hydrogen-bond acceptors (Lipinski definition) is 6. The van der Waals surface area contributed by atoms with Crippen LogP contribution in [0.2, 0.25) is 0 Å². The summed E-state index contributed by atoms with van der Waals surface area (Å²) in [5.74, 6) is -1.05. The summed E-state index contributed by atoms with van der Waals surface area (Å²) in [6.45, 7) is 3.90. The highest BCUT2D eigenvalue weighted by molar-refractivity contribution is 7.87. The third kappa shape index (κ3) is 5.70. The van der Waals surface area contributed by atoms with E-state index in [4.69, 9.17) is 13.7 Å². The van der Waals surface area contributed by atoms with Crippen LogP contribution in [-0.4, -0.2) is 46.1 Å². The molecule has 0 heterocycles. The second-order valence-corrected chi connectivity index (χ2v) is 8.20. The number of ether oxygens (including phenoxy) is 2. The van der Waals surface area contributed by atoms with Crippen LogP contribution in [-0.2, 0) is 26.2 Å². The van der Waals surface area contributed by atoms with Crippen molar-refractivity contribution in [2.75, 3.05) is 20.8 Å². The Morgan fingerprint density at radius 1 is 1.13 bits per heavy atom. The number of carbonyl (C=O) groups is 1. The van der Waals surface area contributed by atoms with E-state index in [-0.39, 0.29) is 41.5 Å². The van der Waals surface area contributed by atoms with Crippen LogP contribution in [0.15, 0.2) is 47.4 Å². The molecule has 0 aliphatic carbocycles. The first kappa shape index (κ1) is 23.6. The Kier molecular flexibility index (Phi) is 8.19. The lowest BCUT2D eigenvalue weighted by atomic mass is 10.1. The van der Waals surface area contributed by atoms with E-state index in [0.717, 1.165) is 6.07 Å². The predicted octanol–water partition coefficient (Wildman–Crippen LogP) is 3.38. The SMILES string of the molecule is CC[C@H](C)N(Cc1ccccc1OS(=O)(=O)c1ccc(OC)c(F)c1)C(=O)COC. The third-order valence-corrected chi connectivity index (χ3v) is 5.87. The van der Waals surface area contributed by atoms with Gasteiger partial charge in [0.05, 0.1) is 7.11 Å². The molecule has 0 radical (unpaired) electrons. The molecule has 1 amide bonds. The fourth-order valence-corrected chi connectivity index (χ4v) is 3.76. The summed E-state index contributed by atoms with van der Waals surface area (Å²) in [5, 5.41) is 0. The van der Waals surface area contributed by atoms with Crippen LogP contribution in [0, 0.1) is 5.82 Å². The van der Waals surface area contributed by atoms with E-state index in [1.807, 2.05) is 13.8 Å². The molecule has 0 saturated heterocycles. The predicted molar refractivity (Wildman–Crippen MR) is 109 cm³/mol. The number of para-hydroxylation sites is 1. The van der Waals surface area contributed by atoms with Gasteiger partial charge in [-0.1, -0.05) is 25.1 Å². The minimum absolute atomic E-state index is 0.0623. The minimum atomic E-state index is -4.30. The van der Waals surface area contributed by atoms with Crippen LogP contribution >= 0.6 is 0 Å². The molecule has 0 aromatic heterocycles. The van der Waals surface area contributed by atoms with Crippen molar-refractivity contribution in [1.82, 2.24) is 4.90 Å². The maximum absolute atomic E-state index is 14.0. The first-order valence-electron chi connectivity index (χ1n) is 9.37. The van der Waals surface area contributed by atoms with Crippen molar-refractivity contribution >= 4 is 16.0 Å². The summed E-state index contributed by atoms with van der Waals surface area (Å²) in [5.41, 5.74) is 0.500. The smallest absolute Gasteiger partial charge is 0.339 e. The molecule has 0 N–H and O–H groups in total. The van der Waals surface area contributed by atoms with Gasteiger partial charge in [-0.2, -0.15) is 8.42 Å². The van der Waals surface area contributed by atoms with Crippen molar-refractivity contribution in [3.05, 3.63) is 53.8 Å². The fraction of sp³-hybridized carbons (Fsp3) is 0.381. The number of methoxy groups -OCH3 is 2. The molecular formula is C21H26FNO6S. The molecule has 7 nitrogen and oxygen atoms in total. The maximum atomic E-state index is 14.0. The zero-order valence-corrected chi connectivity index (χ0v) is 18.2. The molecular weight excluding hydrogens is 413 g/mol. The number of hydrogen-bond donors (Lipinski definition) is 0. The van der Waals surface area contributed by atoms with E-state index in [9.17, 15) is 17.6 Å². The average Bonchev–Trinajstić information content (AvgIpc) is 2.72. The Balaban J connectivity index is 2.33. The molecule has 2 aromatic rings. The summed E-state index contributed by atoms with van der Waals surface area (Å²) in [6.07, 6.45) is 0.710. The Labute approximate surface area is 176 Å².